The first-order valence-electron chi connectivity index (χ1n) is 34.2. The molecule has 0 bridgehead atoms. The average Bonchev–Trinajstić information content (AvgIpc) is 3.42. The van der Waals surface area contributed by atoms with E-state index >= 15 is 0 Å². The summed E-state index contributed by atoms with van der Waals surface area (Å²) in [6, 6.07) is -0.904. The number of amides is 1. The third-order valence-electron chi connectivity index (χ3n) is 15.4. The summed E-state index contributed by atoms with van der Waals surface area (Å²) in [6.45, 7) is 4.65. The highest BCUT2D eigenvalue weighted by Crippen LogP contribution is 2.38. The lowest BCUT2D eigenvalue weighted by atomic mass is 10.0. The molecule has 0 aromatic rings. The summed E-state index contributed by atoms with van der Waals surface area (Å²) >= 11 is 0. The molecule has 0 aliphatic rings. The molecule has 0 aliphatic heterocycles. The van der Waals surface area contributed by atoms with Crippen LogP contribution in [0.1, 0.15) is 328 Å². The maximum Gasteiger partial charge on any atom is 0.268 e. The Morgan fingerprint density at radius 3 is 1.11 bits per heavy atom. The number of rotatable bonds is 63. The summed E-state index contributed by atoms with van der Waals surface area (Å²) in [5, 5.41) is 13.9. The number of unbranched alkanes of at least 4 members (excludes halogenated alkanes) is 42. The summed E-state index contributed by atoms with van der Waals surface area (Å²) in [7, 11) is 1.25. The van der Waals surface area contributed by atoms with Crippen LogP contribution in [0.4, 0.5) is 0 Å². The van der Waals surface area contributed by atoms with E-state index in [2.05, 4.69) is 67.8 Å². The third kappa shape index (κ3) is 63.6. The molecule has 79 heavy (non-hydrogen) atoms. The predicted molar refractivity (Wildman–Crippen MR) is 344 cm³/mol. The second-order valence-electron chi connectivity index (χ2n) is 24.5. The Hall–Kier alpha value is -1.80. The fraction of sp³-hybridized carbons (Fsp3) is 0.843. The van der Waals surface area contributed by atoms with Gasteiger partial charge in [-0.2, -0.15) is 0 Å². The van der Waals surface area contributed by atoms with E-state index < -0.39 is 26.6 Å². The Balaban J connectivity index is 3.96. The van der Waals surface area contributed by atoms with Crippen LogP contribution in [0.15, 0.2) is 60.8 Å². The first-order chi connectivity index (χ1) is 38.5. The van der Waals surface area contributed by atoms with Gasteiger partial charge in [0.1, 0.15) is 13.2 Å². The van der Waals surface area contributed by atoms with Gasteiger partial charge in [0.25, 0.3) is 7.82 Å². The van der Waals surface area contributed by atoms with Crippen molar-refractivity contribution in [2.45, 2.75) is 341 Å². The van der Waals surface area contributed by atoms with E-state index in [4.69, 9.17) is 9.05 Å². The number of nitrogens with zero attached hydrogens (tertiary/aromatic N) is 1. The van der Waals surface area contributed by atoms with Gasteiger partial charge in [-0.25, -0.2) is 0 Å². The van der Waals surface area contributed by atoms with Gasteiger partial charge in [0, 0.05) is 6.42 Å². The van der Waals surface area contributed by atoms with Crippen LogP contribution in [0.25, 0.3) is 0 Å². The number of carbonyl (C=O) groups excluding carboxylic acids is 1. The highest BCUT2D eigenvalue weighted by Gasteiger charge is 2.23. The molecule has 0 fully saturated rings. The Morgan fingerprint density at radius 2 is 0.747 bits per heavy atom. The van der Waals surface area contributed by atoms with Crippen molar-refractivity contribution < 1.29 is 32.9 Å². The molecule has 8 nitrogen and oxygen atoms in total. The van der Waals surface area contributed by atoms with Gasteiger partial charge in [0.2, 0.25) is 5.91 Å². The number of aliphatic hydroxyl groups excluding tert-OH is 1. The molecular weight excluding hydrogens is 996 g/mol. The van der Waals surface area contributed by atoms with Crippen LogP contribution < -0.4 is 10.2 Å². The van der Waals surface area contributed by atoms with E-state index in [1.165, 1.54) is 257 Å². The molecule has 2 N–H and O–H groups in total. The van der Waals surface area contributed by atoms with Crippen molar-refractivity contribution in [3.63, 3.8) is 0 Å². The molecule has 0 saturated carbocycles. The van der Waals surface area contributed by atoms with Crippen molar-refractivity contribution in [1.82, 2.24) is 5.32 Å². The Kier molecular flexibility index (Phi) is 59.4. The number of aliphatic hydroxyl groups is 1. The van der Waals surface area contributed by atoms with Crippen LogP contribution in [-0.4, -0.2) is 68.5 Å². The van der Waals surface area contributed by atoms with E-state index in [9.17, 15) is 19.4 Å². The van der Waals surface area contributed by atoms with Crippen molar-refractivity contribution in [3.8, 4) is 0 Å². The van der Waals surface area contributed by atoms with Gasteiger partial charge in [-0.15, -0.1) is 0 Å². The van der Waals surface area contributed by atoms with Gasteiger partial charge in [-0.05, 0) is 70.6 Å². The summed E-state index contributed by atoms with van der Waals surface area (Å²) < 4.78 is 23.4. The SMILES string of the molecule is CCCCCCC/C=C\C/C=C\C/C=C\CCCCCCCCCCCCCCCCCCCCCCCCCCC(=O)NC(COP(=O)([O-])OCC[N+](C)(C)C)C(O)/C=C/CC/C=C/CCCCCCCCCCCCCC. The average molecular weight is 1130 g/mol. The van der Waals surface area contributed by atoms with Gasteiger partial charge in [-0.1, -0.05) is 312 Å². The molecule has 9 heteroatoms. The molecule has 0 heterocycles. The highest BCUT2D eigenvalue weighted by atomic mass is 31.2. The molecule has 464 valence electrons. The van der Waals surface area contributed by atoms with E-state index in [1.54, 1.807) is 6.08 Å². The molecule has 0 radical (unpaired) electrons. The number of allylic oxidation sites excluding steroid dienone is 9. The number of phosphoric ester groups is 1. The normalized spacial score (nSPS) is 14.1. The molecule has 0 spiro atoms. The highest BCUT2D eigenvalue weighted by molar-refractivity contribution is 7.45. The largest absolute Gasteiger partial charge is 0.756 e. The fourth-order valence-electron chi connectivity index (χ4n) is 10.1. The quantitative estimate of drug-likeness (QED) is 0.0272. The van der Waals surface area contributed by atoms with Crippen molar-refractivity contribution >= 4 is 13.7 Å². The van der Waals surface area contributed by atoms with Gasteiger partial charge >= 0.3 is 0 Å². The Bertz CT molecular complexity index is 1470. The van der Waals surface area contributed by atoms with Crippen LogP contribution in [0, 0.1) is 0 Å². The zero-order valence-corrected chi connectivity index (χ0v) is 54.0. The Labute approximate surface area is 492 Å². The van der Waals surface area contributed by atoms with Crippen molar-refractivity contribution in [2.75, 3.05) is 40.9 Å². The topological polar surface area (TPSA) is 108 Å². The molecule has 3 atom stereocenters. The molecule has 3 unspecified atom stereocenters. The zero-order valence-electron chi connectivity index (χ0n) is 53.1. The maximum atomic E-state index is 13.0. The van der Waals surface area contributed by atoms with Crippen molar-refractivity contribution in [1.29, 1.82) is 0 Å². The van der Waals surface area contributed by atoms with Crippen LogP contribution in [0.5, 0.6) is 0 Å². The minimum atomic E-state index is -4.61. The molecule has 0 aliphatic carbocycles. The fourth-order valence-corrected chi connectivity index (χ4v) is 10.8. The maximum absolute atomic E-state index is 13.0. The van der Waals surface area contributed by atoms with E-state index in [1.807, 2.05) is 27.2 Å². The molecule has 0 aromatic carbocycles. The zero-order chi connectivity index (χ0) is 57.7. The molecule has 0 saturated heterocycles. The van der Waals surface area contributed by atoms with Gasteiger partial charge in [-0.3, -0.25) is 9.36 Å². The van der Waals surface area contributed by atoms with Crippen LogP contribution >= 0.6 is 7.82 Å². The van der Waals surface area contributed by atoms with E-state index in [0.29, 0.717) is 17.4 Å². The number of nitrogens with one attached hydrogen (secondary N) is 1. The first kappa shape index (κ1) is 77.2. The van der Waals surface area contributed by atoms with E-state index in [-0.39, 0.29) is 12.5 Å². The third-order valence-corrected chi connectivity index (χ3v) is 16.4. The first-order valence-corrected chi connectivity index (χ1v) is 35.6. The van der Waals surface area contributed by atoms with Crippen molar-refractivity contribution in [2.24, 2.45) is 0 Å². The molecule has 0 aromatic heterocycles. The standard InChI is InChI=1S/C70H133N2O6P/c1-6-8-10-12-14-16-18-20-22-24-26-27-28-29-30-31-32-33-34-35-36-37-38-39-40-41-42-43-44-45-46-48-50-52-54-56-58-60-62-64-70(74)71-68(67-78-79(75,76)77-66-65-72(3,4)5)69(73)63-61-59-57-55-53-51-49-47-25-23-21-19-17-15-13-11-9-7-2/h18,20,24,26,28-29,53,55,61,63,68-69,73H,6-17,19,21-23,25,27,30-52,54,56-60,62,64-67H2,1-5H3,(H-,71,74,75,76)/b20-18-,26-24-,29-28-,55-53+,63-61+. The number of hydrogen-bond donors (Lipinski definition) is 2. The summed E-state index contributed by atoms with van der Waals surface area (Å²) in [5.74, 6) is -0.202. The predicted octanol–water partition coefficient (Wildman–Crippen LogP) is 21.0. The second kappa shape index (κ2) is 60.8. The second-order valence-corrected chi connectivity index (χ2v) is 25.9. The summed E-state index contributed by atoms with van der Waals surface area (Å²) in [5.41, 5.74) is 0. The number of carbonyl (C=O) groups is 1. The lowest BCUT2D eigenvalue weighted by Crippen LogP contribution is -2.45. The monoisotopic (exact) mass is 1130 g/mol. The lowest BCUT2D eigenvalue weighted by Gasteiger charge is -2.29. The van der Waals surface area contributed by atoms with Crippen molar-refractivity contribution in [3.05, 3.63) is 60.8 Å². The van der Waals surface area contributed by atoms with Gasteiger partial charge in [0.05, 0.1) is 39.9 Å². The molecule has 1 amide bonds. The summed E-state index contributed by atoms with van der Waals surface area (Å²) in [6.07, 6.45) is 83.5. The number of phosphoric acid groups is 1. The van der Waals surface area contributed by atoms with Crippen LogP contribution in [0.2, 0.25) is 0 Å². The molecule has 0 rings (SSSR count). The number of likely N-dealkylation sites (N-methyl/N-ethyl adjacent to an activating group) is 1. The minimum Gasteiger partial charge on any atom is -0.756 e. The lowest BCUT2D eigenvalue weighted by molar-refractivity contribution is -0.870. The smallest absolute Gasteiger partial charge is 0.268 e. The Morgan fingerprint density at radius 1 is 0.443 bits per heavy atom. The van der Waals surface area contributed by atoms with Gasteiger partial charge in [0.15, 0.2) is 0 Å². The minimum absolute atomic E-state index is 0.00564. The van der Waals surface area contributed by atoms with Crippen LogP contribution in [-0.2, 0) is 18.4 Å². The van der Waals surface area contributed by atoms with E-state index in [0.717, 1.165) is 51.4 Å². The molecular formula is C70H133N2O6P. The van der Waals surface area contributed by atoms with Gasteiger partial charge < -0.3 is 28.8 Å². The van der Waals surface area contributed by atoms with Crippen LogP contribution in [0.3, 0.4) is 0 Å². The summed E-state index contributed by atoms with van der Waals surface area (Å²) in [4.78, 5) is 25.6. The number of quaternary nitrogens is 1. The number of hydrogen-bond acceptors (Lipinski definition) is 6.